The van der Waals surface area contributed by atoms with Crippen molar-refractivity contribution in [2.24, 2.45) is 29.6 Å². The fraction of sp³-hybridized carbons (Fsp3) is 0.750. The van der Waals surface area contributed by atoms with E-state index in [2.05, 4.69) is 45.1 Å². The van der Waals surface area contributed by atoms with E-state index in [1.807, 2.05) is 7.11 Å². The van der Waals surface area contributed by atoms with Crippen LogP contribution in [0.1, 0.15) is 72.1 Å². The summed E-state index contributed by atoms with van der Waals surface area (Å²) in [6.45, 7) is 6.95. The topological polar surface area (TPSA) is 9.23 Å². The molecule has 1 saturated carbocycles. The standard InChI is InChI=1S/C24H38O/c1-5-6-19-7-9-20(10-8-19)21-11-13-22(14-12-21)23-15-16-24(25-4)18(3)17(23)2/h5-6,11,15,17-20,22,24H,7-10,12-14,16H2,1-4H3/b6-5+. The number of hydrogen-bond acceptors (Lipinski definition) is 1. The minimum Gasteiger partial charge on any atom is -0.381 e. The van der Waals surface area contributed by atoms with Gasteiger partial charge in [-0.1, -0.05) is 49.3 Å². The third kappa shape index (κ3) is 4.30. The van der Waals surface area contributed by atoms with Crippen molar-refractivity contribution in [2.75, 3.05) is 7.11 Å². The first-order chi connectivity index (χ1) is 12.1. The van der Waals surface area contributed by atoms with Crippen LogP contribution in [0.3, 0.4) is 0 Å². The Hall–Kier alpha value is -0.820. The normalized spacial score (nSPS) is 40.0. The quantitative estimate of drug-likeness (QED) is 0.516. The van der Waals surface area contributed by atoms with Crippen molar-refractivity contribution >= 4 is 0 Å². The molecule has 1 nitrogen and oxygen atoms in total. The van der Waals surface area contributed by atoms with E-state index < -0.39 is 0 Å². The van der Waals surface area contributed by atoms with Gasteiger partial charge < -0.3 is 4.74 Å². The molecule has 0 aliphatic heterocycles. The second-order valence-corrected chi connectivity index (χ2v) is 8.75. The van der Waals surface area contributed by atoms with Gasteiger partial charge in [0.1, 0.15) is 0 Å². The van der Waals surface area contributed by atoms with Crippen molar-refractivity contribution in [3.63, 3.8) is 0 Å². The first-order valence-corrected chi connectivity index (χ1v) is 10.7. The third-order valence-corrected chi connectivity index (χ3v) is 7.47. The van der Waals surface area contributed by atoms with Crippen LogP contribution in [0, 0.1) is 29.6 Å². The molecule has 0 aromatic heterocycles. The van der Waals surface area contributed by atoms with E-state index in [1.54, 1.807) is 11.1 Å². The van der Waals surface area contributed by atoms with Gasteiger partial charge in [0.05, 0.1) is 6.10 Å². The Morgan fingerprint density at radius 2 is 1.72 bits per heavy atom. The predicted molar refractivity (Wildman–Crippen MR) is 108 cm³/mol. The highest BCUT2D eigenvalue weighted by atomic mass is 16.5. The molecule has 0 bridgehead atoms. The highest BCUT2D eigenvalue weighted by Crippen LogP contribution is 2.43. The van der Waals surface area contributed by atoms with Crippen molar-refractivity contribution in [2.45, 2.75) is 78.2 Å². The van der Waals surface area contributed by atoms with Crippen molar-refractivity contribution in [1.82, 2.24) is 0 Å². The van der Waals surface area contributed by atoms with E-state index in [4.69, 9.17) is 4.74 Å². The Balaban J connectivity index is 1.57. The number of methoxy groups -OCH3 is 1. The Bertz CT molecular complexity index is 518. The Kier molecular flexibility index (Phi) is 6.61. The molecule has 25 heavy (non-hydrogen) atoms. The van der Waals surface area contributed by atoms with E-state index in [0.717, 1.165) is 24.2 Å². The highest BCUT2D eigenvalue weighted by molar-refractivity contribution is 5.22. The summed E-state index contributed by atoms with van der Waals surface area (Å²) in [4.78, 5) is 0. The Morgan fingerprint density at radius 1 is 0.960 bits per heavy atom. The molecule has 0 heterocycles. The van der Waals surface area contributed by atoms with Crippen molar-refractivity contribution in [1.29, 1.82) is 0 Å². The summed E-state index contributed by atoms with van der Waals surface area (Å²) in [5, 5.41) is 0. The monoisotopic (exact) mass is 342 g/mol. The number of allylic oxidation sites excluding steroid dienone is 5. The summed E-state index contributed by atoms with van der Waals surface area (Å²) >= 11 is 0. The summed E-state index contributed by atoms with van der Waals surface area (Å²) in [6, 6.07) is 0. The summed E-state index contributed by atoms with van der Waals surface area (Å²) in [6.07, 6.45) is 21.0. The highest BCUT2D eigenvalue weighted by Gasteiger charge is 2.33. The lowest BCUT2D eigenvalue weighted by Gasteiger charge is -2.39. The number of hydrogen-bond donors (Lipinski definition) is 0. The van der Waals surface area contributed by atoms with E-state index in [0.29, 0.717) is 17.9 Å². The molecule has 1 heteroatoms. The van der Waals surface area contributed by atoms with Gasteiger partial charge in [0.15, 0.2) is 0 Å². The lowest BCUT2D eigenvalue weighted by Crippen LogP contribution is -2.32. The Labute approximate surface area is 155 Å². The number of rotatable bonds is 4. The smallest absolute Gasteiger partial charge is 0.0636 e. The van der Waals surface area contributed by atoms with Crippen LogP contribution in [0.4, 0.5) is 0 Å². The molecular weight excluding hydrogens is 304 g/mol. The molecule has 0 aromatic carbocycles. The molecule has 0 amide bonds. The molecule has 0 radical (unpaired) electrons. The van der Waals surface area contributed by atoms with Gasteiger partial charge in [0.2, 0.25) is 0 Å². The second-order valence-electron chi connectivity index (χ2n) is 8.75. The average molecular weight is 343 g/mol. The minimum absolute atomic E-state index is 0.417. The van der Waals surface area contributed by atoms with Gasteiger partial charge in [0.25, 0.3) is 0 Å². The van der Waals surface area contributed by atoms with Crippen LogP contribution < -0.4 is 0 Å². The summed E-state index contributed by atoms with van der Waals surface area (Å²) in [7, 11) is 1.87. The SMILES string of the molecule is C/C=C/C1CCC(C2=CCC(C3=CCC(OC)C(C)C3C)CC2)CC1. The fourth-order valence-electron chi connectivity index (χ4n) is 5.61. The lowest BCUT2D eigenvalue weighted by molar-refractivity contribution is 0.0371. The van der Waals surface area contributed by atoms with Gasteiger partial charge in [0, 0.05) is 7.11 Å². The maximum absolute atomic E-state index is 5.67. The largest absolute Gasteiger partial charge is 0.381 e. The maximum atomic E-state index is 5.67. The van der Waals surface area contributed by atoms with Gasteiger partial charge in [-0.25, -0.2) is 0 Å². The van der Waals surface area contributed by atoms with Crippen LogP contribution in [-0.4, -0.2) is 13.2 Å². The summed E-state index contributed by atoms with van der Waals surface area (Å²) < 4.78 is 5.67. The van der Waals surface area contributed by atoms with Crippen LogP contribution in [-0.2, 0) is 4.74 Å². The zero-order chi connectivity index (χ0) is 17.8. The van der Waals surface area contributed by atoms with E-state index >= 15 is 0 Å². The van der Waals surface area contributed by atoms with Gasteiger partial charge in [-0.15, -0.1) is 0 Å². The van der Waals surface area contributed by atoms with Gasteiger partial charge in [-0.3, -0.25) is 0 Å². The molecule has 1 fully saturated rings. The third-order valence-electron chi connectivity index (χ3n) is 7.47. The van der Waals surface area contributed by atoms with Gasteiger partial charge in [-0.2, -0.15) is 0 Å². The van der Waals surface area contributed by atoms with Crippen LogP contribution >= 0.6 is 0 Å². The second kappa shape index (κ2) is 8.71. The first kappa shape index (κ1) is 19.0. The van der Waals surface area contributed by atoms with Crippen molar-refractivity contribution in [3.05, 3.63) is 35.5 Å². The zero-order valence-electron chi connectivity index (χ0n) is 16.8. The zero-order valence-corrected chi connectivity index (χ0v) is 16.8. The molecule has 4 atom stereocenters. The molecule has 0 spiro atoms. The first-order valence-electron chi connectivity index (χ1n) is 10.7. The van der Waals surface area contributed by atoms with Gasteiger partial charge in [-0.05, 0) is 87.9 Å². The molecule has 140 valence electrons. The molecule has 3 rings (SSSR count). The molecule has 3 aliphatic carbocycles. The summed E-state index contributed by atoms with van der Waals surface area (Å²) in [5.41, 5.74) is 3.52. The van der Waals surface area contributed by atoms with Crippen LogP contribution in [0.5, 0.6) is 0 Å². The molecule has 0 saturated heterocycles. The molecule has 3 aliphatic rings. The number of ether oxygens (including phenoxy) is 1. The summed E-state index contributed by atoms with van der Waals surface area (Å²) in [5.74, 6) is 3.85. The average Bonchev–Trinajstić information content (AvgIpc) is 2.65. The van der Waals surface area contributed by atoms with Crippen molar-refractivity contribution < 1.29 is 4.74 Å². The van der Waals surface area contributed by atoms with Crippen LogP contribution in [0.25, 0.3) is 0 Å². The maximum Gasteiger partial charge on any atom is 0.0636 e. The molecule has 0 aromatic rings. The minimum atomic E-state index is 0.417. The lowest BCUT2D eigenvalue weighted by atomic mass is 9.69. The molecular formula is C24H38O. The molecule has 4 unspecified atom stereocenters. The van der Waals surface area contributed by atoms with Crippen molar-refractivity contribution in [3.8, 4) is 0 Å². The van der Waals surface area contributed by atoms with E-state index in [9.17, 15) is 0 Å². The van der Waals surface area contributed by atoms with Crippen LogP contribution in [0.2, 0.25) is 0 Å². The van der Waals surface area contributed by atoms with E-state index in [-0.39, 0.29) is 0 Å². The fourth-order valence-corrected chi connectivity index (χ4v) is 5.61. The van der Waals surface area contributed by atoms with Gasteiger partial charge >= 0.3 is 0 Å². The Morgan fingerprint density at radius 3 is 2.32 bits per heavy atom. The molecule has 0 N–H and O–H groups in total. The van der Waals surface area contributed by atoms with Crippen LogP contribution in [0.15, 0.2) is 35.5 Å². The predicted octanol–water partition coefficient (Wildman–Crippen LogP) is 6.71. The van der Waals surface area contributed by atoms with E-state index in [1.165, 1.54) is 44.9 Å².